The van der Waals surface area contributed by atoms with E-state index >= 15 is 0 Å². The van der Waals surface area contributed by atoms with Crippen molar-refractivity contribution in [1.82, 2.24) is 4.72 Å². The SMILES string of the molecule is CC(C)(CNS(=O)(=O)c1ccc(F)cc1)SCc1ccc(Cl)cc1. The summed E-state index contributed by atoms with van der Waals surface area (Å²) in [5.41, 5.74) is 1.12. The molecule has 0 aromatic heterocycles. The van der Waals surface area contributed by atoms with E-state index < -0.39 is 15.8 Å². The largest absolute Gasteiger partial charge is 0.240 e. The van der Waals surface area contributed by atoms with Crippen LogP contribution in [0.3, 0.4) is 0 Å². The molecule has 0 unspecified atom stereocenters. The Kier molecular flexibility index (Phi) is 6.31. The Morgan fingerprint density at radius 3 is 2.25 bits per heavy atom. The first-order valence-corrected chi connectivity index (χ1v) is 10.2. The topological polar surface area (TPSA) is 46.2 Å². The van der Waals surface area contributed by atoms with Gasteiger partial charge in [0.25, 0.3) is 0 Å². The van der Waals surface area contributed by atoms with E-state index in [1.807, 2.05) is 38.1 Å². The number of nitrogens with one attached hydrogen (secondary N) is 1. The minimum Gasteiger partial charge on any atom is -0.210 e. The lowest BCUT2D eigenvalue weighted by atomic mass is 10.2. The molecule has 7 heteroatoms. The summed E-state index contributed by atoms with van der Waals surface area (Å²) in [4.78, 5) is 0.0578. The van der Waals surface area contributed by atoms with Crippen molar-refractivity contribution in [1.29, 1.82) is 0 Å². The summed E-state index contributed by atoms with van der Waals surface area (Å²) in [5, 5.41) is 0.690. The smallest absolute Gasteiger partial charge is 0.210 e. The molecule has 0 atom stereocenters. The highest BCUT2D eigenvalue weighted by molar-refractivity contribution is 7.99. The molecule has 0 fully saturated rings. The van der Waals surface area contributed by atoms with Crippen LogP contribution in [0.5, 0.6) is 0 Å². The number of benzene rings is 2. The van der Waals surface area contributed by atoms with Crippen LogP contribution in [0.15, 0.2) is 53.4 Å². The fourth-order valence-corrected chi connectivity index (χ4v) is 4.23. The first-order chi connectivity index (χ1) is 11.2. The summed E-state index contributed by atoms with van der Waals surface area (Å²) in [6.07, 6.45) is 0. The summed E-state index contributed by atoms with van der Waals surface area (Å²) in [5.74, 6) is 0.287. The van der Waals surface area contributed by atoms with Crippen molar-refractivity contribution >= 4 is 33.4 Å². The zero-order chi connectivity index (χ0) is 17.8. The first kappa shape index (κ1) is 19.2. The first-order valence-electron chi connectivity index (χ1n) is 7.32. The lowest BCUT2D eigenvalue weighted by Gasteiger charge is -2.24. The Morgan fingerprint density at radius 1 is 1.08 bits per heavy atom. The Balaban J connectivity index is 1.93. The third-order valence-corrected chi connectivity index (χ3v) is 6.43. The van der Waals surface area contributed by atoms with Crippen molar-refractivity contribution in [3.63, 3.8) is 0 Å². The lowest BCUT2D eigenvalue weighted by Crippen LogP contribution is -2.36. The van der Waals surface area contributed by atoms with Gasteiger partial charge >= 0.3 is 0 Å². The van der Waals surface area contributed by atoms with Crippen LogP contribution >= 0.6 is 23.4 Å². The number of hydrogen-bond donors (Lipinski definition) is 1. The van der Waals surface area contributed by atoms with Crippen molar-refractivity contribution in [2.45, 2.75) is 29.2 Å². The molecule has 0 aliphatic rings. The maximum atomic E-state index is 12.9. The van der Waals surface area contributed by atoms with Gasteiger partial charge in [0.15, 0.2) is 0 Å². The van der Waals surface area contributed by atoms with Crippen LogP contribution in [0, 0.1) is 5.82 Å². The van der Waals surface area contributed by atoms with E-state index in [2.05, 4.69) is 4.72 Å². The number of thioether (sulfide) groups is 1. The predicted molar refractivity (Wildman–Crippen MR) is 98.4 cm³/mol. The van der Waals surface area contributed by atoms with E-state index in [-0.39, 0.29) is 16.2 Å². The highest BCUT2D eigenvalue weighted by atomic mass is 35.5. The number of halogens is 2. The molecule has 0 radical (unpaired) electrons. The van der Waals surface area contributed by atoms with Crippen molar-refractivity contribution in [3.8, 4) is 0 Å². The minimum absolute atomic E-state index is 0.0578. The molecule has 0 spiro atoms. The molecule has 0 heterocycles. The van der Waals surface area contributed by atoms with Crippen LogP contribution in [-0.4, -0.2) is 19.7 Å². The summed E-state index contributed by atoms with van der Waals surface area (Å²) in [6.45, 7) is 4.21. The molecule has 24 heavy (non-hydrogen) atoms. The highest BCUT2D eigenvalue weighted by Gasteiger charge is 2.23. The number of hydrogen-bond acceptors (Lipinski definition) is 3. The maximum Gasteiger partial charge on any atom is 0.240 e. The third-order valence-electron chi connectivity index (χ3n) is 3.35. The van der Waals surface area contributed by atoms with Crippen molar-refractivity contribution in [2.24, 2.45) is 0 Å². The second-order valence-electron chi connectivity index (χ2n) is 5.95. The molecule has 3 nitrogen and oxygen atoms in total. The van der Waals surface area contributed by atoms with Gasteiger partial charge in [0, 0.05) is 22.1 Å². The molecule has 130 valence electrons. The van der Waals surface area contributed by atoms with Gasteiger partial charge in [-0.1, -0.05) is 23.7 Å². The summed E-state index contributed by atoms with van der Waals surface area (Å²) < 4.78 is 39.7. The molecule has 0 saturated carbocycles. The molecular formula is C17H19ClFNO2S2. The molecule has 0 bridgehead atoms. The molecule has 0 aliphatic carbocycles. The van der Waals surface area contributed by atoms with Gasteiger partial charge in [-0.15, -0.1) is 11.8 Å². The number of rotatable bonds is 7. The Morgan fingerprint density at radius 2 is 1.67 bits per heavy atom. The van der Waals surface area contributed by atoms with E-state index in [0.29, 0.717) is 5.02 Å². The minimum atomic E-state index is -3.65. The second-order valence-corrected chi connectivity index (χ2v) is 9.84. The fraction of sp³-hybridized carbons (Fsp3) is 0.294. The molecular weight excluding hydrogens is 369 g/mol. The van der Waals surface area contributed by atoms with Gasteiger partial charge in [0.2, 0.25) is 10.0 Å². The normalized spacial score (nSPS) is 12.3. The van der Waals surface area contributed by atoms with Crippen molar-refractivity contribution < 1.29 is 12.8 Å². The van der Waals surface area contributed by atoms with Crippen LogP contribution in [0.25, 0.3) is 0 Å². The van der Waals surface area contributed by atoms with Crippen molar-refractivity contribution in [3.05, 3.63) is 64.9 Å². The predicted octanol–water partition coefficient (Wildman–Crippen LogP) is 4.47. The Hall–Kier alpha value is -1.08. The van der Waals surface area contributed by atoms with E-state index in [1.165, 1.54) is 12.1 Å². The zero-order valence-electron chi connectivity index (χ0n) is 13.4. The molecule has 0 saturated heterocycles. The molecule has 2 aromatic carbocycles. The quantitative estimate of drug-likeness (QED) is 0.762. The van der Waals surface area contributed by atoms with E-state index in [0.717, 1.165) is 23.4 Å². The average Bonchev–Trinajstić information content (AvgIpc) is 2.53. The molecule has 0 aliphatic heterocycles. The van der Waals surface area contributed by atoms with Gasteiger partial charge in [-0.2, -0.15) is 0 Å². The van der Waals surface area contributed by atoms with Crippen LogP contribution in [-0.2, 0) is 15.8 Å². The van der Waals surface area contributed by atoms with E-state index in [4.69, 9.17) is 11.6 Å². The number of sulfonamides is 1. The van der Waals surface area contributed by atoms with Crippen LogP contribution in [0.1, 0.15) is 19.4 Å². The van der Waals surface area contributed by atoms with Gasteiger partial charge < -0.3 is 0 Å². The third kappa shape index (κ3) is 5.77. The van der Waals surface area contributed by atoms with E-state index in [9.17, 15) is 12.8 Å². The fourth-order valence-electron chi connectivity index (χ4n) is 1.88. The maximum absolute atomic E-state index is 12.9. The van der Waals surface area contributed by atoms with Crippen LogP contribution in [0.2, 0.25) is 5.02 Å². The van der Waals surface area contributed by atoms with Crippen molar-refractivity contribution in [2.75, 3.05) is 6.54 Å². The molecule has 1 N–H and O–H groups in total. The van der Waals surface area contributed by atoms with Gasteiger partial charge in [-0.25, -0.2) is 17.5 Å². The van der Waals surface area contributed by atoms with Crippen LogP contribution < -0.4 is 4.72 Å². The standard InChI is InChI=1S/C17H19ClFNO2S2/c1-17(2,23-11-13-3-5-14(18)6-4-13)12-20-24(21,22)16-9-7-15(19)8-10-16/h3-10,20H,11-12H2,1-2H3. The van der Waals surface area contributed by atoms with Gasteiger partial charge in [-0.05, 0) is 55.8 Å². The summed E-state index contributed by atoms with van der Waals surface area (Å²) >= 11 is 7.51. The zero-order valence-corrected chi connectivity index (χ0v) is 15.8. The summed E-state index contributed by atoms with van der Waals surface area (Å²) in [7, 11) is -3.65. The highest BCUT2D eigenvalue weighted by Crippen LogP contribution is 2.28. The second kappa shape index (κ2) is 7.87. The molecule has 2 rings (SSSR count). The van der Waals surface area contributed by atoms with Gasteiger partial charge in [0.1, 0.15) is 5.82 Å². The van der Waals surface area contributed by atoms with Gasteiger partial charge in [0.05, 0.1) is 4.90 Å². The van der Waals surface area contributed by atoms with E-state index in [1.54, 1.807) is 11.8 Å². The summed E-state index contributed by atoms with van der Waals surface area (Å²) in [6, 6.07) is 12.4. The molecule has 2 aromatic rings. The Bertz CT molecular complexity index is 775. The van der Waals surface area contributed by atoms with Crippen LogP contribution in [0.4, 0.5) is 4.39 Å². The average molecular weight is 388 g/mol. The Labute approximate surface area is 151 Å². The molecule has 0 amide bonds. The van der Waals surface area contributed by atoms with Gasteiger partial charge in [-0.3, -0.25) is 0 Å². The monoisotopic (exact) mass is 387 g/mol. The lowest BCUT2D eigenvalue weighted by molar-refractivity contribution is 0.570.